The van der Waals surface area contributed by atoms with Gasteiger partial charge in [0.15, 0.2) is 5.82 Å². The van der Waals surface area contributed by atoms with E-state index in [9.17, 15) is 0 Å². The summed E-state index contributed by atoms with van der Waals surface area (Å²) in [7, 11) is 0. The van der Waals surface area contributed by atoms with Crippen LogP contribution in [0.4, 0.5) is 0 Å². The van der Waals surface area contributed by atoms with Crippen LogP contribution in [0.1, 0.15) is 0 Å². The van der Waals surface area contributed by atoms with E-state index in [1.165, 1.54) is 15.6 Å². The van der Waals surface area contributed by atoms with Crippen molar-refractivity contribution in [3.8, 4) is 45.0 Å². The van der Waals surface area contributed by atoms with E-state index in [-0.39, 0.29) is 0 Å². The second-order valence-corrected chi connectivity index (χ2v) is 13.1. The van der Waals surface area contributed by atoms with Gasteiger partial charge in [-0.25, -0.2) is 15.0 Å². The zero-order chi connectivity index (χ0) is 31.6. The van der Waals surface area contributed by atoms with Gasteiger partial charge in [-0.3, -0.25) is 4.40 Å². The Balaban J connectivity index is 1.27. The highest BCUT2D eigenvalue weighted by atomic mass is 32.1. The lowest BCUT2D eigenvalue weighted by Gasteiger charge is -2.18. The minimum absolute atomic E-state index is 0.714. The van der Waals surface area contributed by atoms with E-state index in [4.69, 9.17) is 15.0 Å². The molecule has 4 nitrogen and oxygen atoms in total. The Bertz CT molecular complexity index is 2720. The molecular weight excluding hydrogens is 605 g/mol. The van der Waals surface area contributed by atoms with Gasteiger partial charge in [-0.1, -0.05) is 127 Å². The molecule has 0 saturated carbocycles. The summed E-state index contributed by atoms with van der Waals surface area (Å²) in [5, 5.41) is 5.76. The largest absolute Gasteiger partial charge is 0.290 e. The number of imidazole rings is 1. The number of hydrogen-bond donors (Lipinski definition) is 0. The van der Waals surface area contributed by atoms with Crippen LogP contribution in [0.15, 0.2) is 158 Å². The molecule has 0 spiro atoms. The highest BCUT2D eigenvalue weighted by molar-refractivity contribution is 7.25. The first-order valence-electron chi connectivity index (χ1n) is 16.0. The molecule has 0 aliphatic rings. The van der Waals surface area contributed by atoms with Gasteiger partial charge >= 0.3 is 0 Å². The molecule has 0 amide bonds. The monoisotopic (exact) mass is 630 g/mol. The van der Waals surface area contributed by atoms with E-state index < -0.39 is 0 Å². The molecule has 0 aliphatic carbocycles. The van der Waals surface area contributed by atoms with E-state index in [0.29, 0.717) is 5.82 Å². The maximum atomic E-state index is 5.27. The number of aromatic nitrogens is 4. The molecule has 4 aromatic heterocycles. The SMILES string of the molecule is c1ccc(-c2cc(-c3ccccc3)nc(-c3c4ccccc4c(-c4ccc5nc6c7ccccc7sc6n5c4)c4ccccc34)n2)cc1. The summed E-state index contributed by atoms with van der Waals surface area (Å²) in [5.41, 5.74) is 9.30. The number of rotatable bonds is 4. The van der Waals surface area contributed by atoms with Crippen LogP contribution in [0, 0.1) is 0 Å². The minimum Gasteiger partial charge on any atom is -0.290 e. The Labute approximate surface area is 280 Å². The Kier molecular flexibility index (Phi) is 6.01. The summed E-state index contributed by atoms with van der Waals surface area (Å²) >= 11 is 1.79. The normalized spacial score (nSPS) is 11.8. The maximum absolute atomic E-state index is 5.27. The molecule has 0 radical (unpaired) electrons. The molecule has 0 aliphatic heterocycles. The lowest BCUT2D eigenvalue weighted by atomic mass is 9.88. The van der Waals surface area contributed by atoms with Gasteiger partial charge < -0.3 is 0 Å². The van der Waals surface area contributed by atoms with Crippen LogP contribution in [0.5, 0.6) is 0 Å². The first-order valence-corrected chi connectivity index (χ1v) is 16.9. The molecule has 0 unspecified atom stereocenters. The van der Waals surface area contributed by atoms with Gasteiger partial charge in [0, 0.05) is 33.0 Å². The van der Waals surface area contributed by atoms with Gasteiger partial charge in [-0.2, -0.15) is 0 Å². The van der Waals surface area contributed by atoms with Crippen molar-refractivity contribution in [2.45, 2.75) is 0 Å². The Hall–Kier alpha value is -6.17. The number of thiophene rings is 1. The van der Waals surface area contributed by atoms with Crippen molar-refractivity contribution in [1.29, 1.82) is 0 Å². The molecule has 224 valence electrons. The first kappa shape index (κ1) is 27.0. The molecule has 0 N–H and O–H groups in total. The average molecular weight is 631 g/mol. The number of fused-ring (bicyclic) bond motifs is 7. The molecule has 5 heteroatoms. The van der Waals surface area contributed by atoms with Crippen molar-refractivity contribution in [1.82, 2.24) is 19.4 Å². The molecule has 48 heavy (non-hydrogen) atoms. The summed E-state index contributed by atoms with van der Waals surface area (Å²) < 4.78 is 3.51. The van der Waals surface area contributed by atoms with Gasteiger partial charge in [0.1, 0.15) is 16.0 Å². The van der Waals surface area contributed by atoms with Crippen LogP contribution in [0.3, 0.4) is 0 Å². The van der Waals surface area contributed by atoms with Crippen molar-refractivity contribution in [2.24, 2.45) is 0 Å². The highest BCUT2D eigenvalue weighted by Gasteiger charge is 2.21. The molecule has 10 rings (SSSR count). The fourth-order valence-corrected chi connectivity index (χ4v) is 8.18. The fourth-order valence-electron chi connectivity index (χ4n) is 7.05. The zero-order valence-electron chi connectivity index (χ0n) is 25.7. The maximum Gasteiger partial charge on any atom is 0.161 e. The molecule has 0 saturated heterocycles. The van der Waals surface area contributed by atoms with Crippen LogP contribution in [-0.2, 0) is 0 Å². The van der Waals surface area contributed by atoms with E-state index in [0.717, 1.165) is 71.2 Å². The van der Waals surface area contributed by atoms with E-state index in [2.05, 4.69) is 150 Å². The molecular formula is C43H26N4S. The molecule has 6 aromatic carbocycles. The lowest BCUT2D eigenvalue weighted by Crippen LogP contribution is -1.98. The van der Waals surface area contributed by atoms with E-state index in [1.54, 1.807) is 11.3 Å². The Morgan fingerprint density at radius 3 is 1.56 bits per heavy atom. The number of hydrogen-bond acceptors (Lipinski definition) is 4. The second-order valence-electron chi connectivity index (χ2n) is 12.0. The Morgan fingerprint density at radius 2 is 0.958 bits per heavy atom. The summed E-state index contributed by atoms with van der Waals surface area (Å²) in [4.78, 5) is 16.7. The number of nitrogens with zero attached hydrogens (tertiary/aromatic N) is 4. The smallest absolute Gasteiger partial charge is 0.161 e. The summed E-state index contributed by atoms with van der Waals surface area (Å²) in [6.45, 7) is 0. The molecule has 0 fully saturated rings. The highest BCUT2D eigenvalue weighted by Crippen LogP contribution is 2.44. The van der Waals surface area contributed by atoms with Crippen LogP contribution in [0.2, 0.25) is 0 Å². The standard InChI is InChI=1S/C43H26N4S/c1-3-13-27(14-4-1)35-25-36(28-15-5-2-6-16-28)45-42(44-35)40-32-19-9-7-17-30(32)39(31-18-8-10-20-33(31)40)29-23-24-38-46-41-34-21-11-12-22-37(34)48-43(41)47(38)26-29/h1-26H. The molecule has 0 bridgehead atoms. The fraction of sp³-hybridized carbons (Fsp3) is 0. The number of pyridine rings is 1. The van der Waals surface area contributed by atoms with Gasteiger partial charge in [-0.15, -0.1) is 11.3 Å². The van der Waals surface area contributed by atoms with Crippen molar-refractivity contribution in [2.75, 3.05) is 0 Å². The van der Waals surface area contributed by atoms with Crippen LogP contribution >= 0.6 is 11.3 Å². The summed E-state index contributed by atoms with van der Waals surface area (Å²) in [6.07, 6.45) is 2.26. The van der Waals surface area contributed by atoms with Gasteiger partial charge in [0.25, 0.3) is 0 Å². The van der Waals surface area contributed by atoms with Crippen molar-refractivity contribution >= 4 is 59.0 Å². The van der Waals surface area contributed by atoms with Gasteiger partial charge in [-0.05, 0) is 56.9 Å². The zero-order valence-corrected chi connectivity index (χ0v) is 26.5. The van der Waals surface area contributed by atoms with Gasteiger partial charge in [0.05, 0.1) is 11.4 Å². The van der Waals surface area contributed by atoms with E-state index in [1.807, 2.05) is 12.1 Å². The van der Waals surface area contributed by atoms with Crippen LogP contribution in [0.25, 0.3) is 92.7 Å². The van der Waals surface area contributed by atoms with Crippen LogP contribution in [-0.4, -0.2) is 19.4 Å². The number of benzene rings is 6. The topological polar surface area (TPSA) is 43.1 Å². The van der Waals surface area contributed by atoms with E-state index >= 15 is 0 Å². The average Bonchev–Trinajstić information content (AvgIpc) is 3.70. The molecule has 10 aromatic rings. The third-order valence-corrected chi connectivity index (χ3v) is 10.4. The van der Waals surface area contributed by atoms with Crippen molar-refractivity contribution < 1.29 is 0 Å². The predicted molar refractivity (Wildman–Crippen MR) is 200 cm³/mol. The van der Waals surface area contributed by atoms with Crippen LogP contribution < -0.4 is 0 Å². The van der Waals surface area contributed by atoms with Gasteiger partial charge in [0.2, 0.25) is 0 Å². The first-order chi connectivity index (χ1) is 23.8. The van der Waals surface area contributed by atoms with Crippen molar-refractivity contribution in [3.63, 3.8) is 0 Å². The predicted octanol–water partition coefficient (Wildman–Crippen LogP) is 11.5. The third kappa shape index (κ3) is 4.18. The Morgan fingerprint density at radius 1 is 0.438 bits per heavy atom. The second kappa shape index (κ2) is 10.7. The summed E-state index contributed by atoms with van der Waals surface area (Å²) in [5.74, 6) is 0.714. The lowest BCUT2D eigenvalue weighted by molar-refractivity contribution is 1.19. The van der Waals surface area contributed by atoms with Crippen molar-refractivity contribution in [3.05, 3.63) is 158 Å². The summed E-state index contributed by atoms with van der Waals surface area (Å²) in [6, 6.07) is 53.1. The minimum atomic E-state index is 0.714. The third-order valence-electron chi connectivity index (χ3n) is 9.23. The molecule has 0 atom stereocenters. The quantitative estimate of drug-likeness (QED) is 0.182. The molecule has 4 heterocycles.